The van der Waals surface area contributed by atoms with Gasteiger partial charge in [-0.25, -0.2) is 4.79 Å². The van der Waals surface area contributed by atoms with Crippen LogP contribution in [0.1, 0.15) is 80.8 Å². The molecule has 0 fully saturated rings. The second kappa shape index (κ2) is 9.43. The number of benzene rings is 2. The normalized spacial score (nSPS) is 18.5. The first-order chi connectivity index (χ1) is 17.5. The SMILES string of the molecule is C[C@@H](c1ccccc1)N1Cc2sc(N)c(C(=O)OC(C)(C)C)c2CC1CN1C(=O)c2ccccc2C1=O. The van der Waals surface area contributed by atoms with Crippen LogP contribution >= 0.6 is 11.3 Å². The van der Waals surface area contributed by atoms with Crippen LogP contribution in [0, 0.1) is 0 Å². The Labute approximate surface area is 220 Å². The third-order valence-electron chi connectivity index (χ3n) is 7.01. The van der Waals surface area contributed by atoms with Gasteiger partial charge in [-0.2, -0.15) is 0 Å². The minimum Gasteiger partial charge on any atom is -0.456 e. The molecular weight excluding hydrogens is 486 g/mol. The van der Waals surface area contributed by atoms with Gasteiger partial charge in [0.05, 0.1) is 16.7 Å². The number of imide groups is 1. The van der Waals surface area contributed by atoms with E-state index in [1.165, 1.54) is 16.2 Å². The zero-order chi connectivity index (χ0) is 26.5. The highest BCUT2D eigenvalue weighted by Crippen LogP contribution is 2.41. The molecule has 2 amide bonds. The zero-order valence-electron chi connectivity index (χ0n) is 21.5. The smallest absolute Gasteiger partial charge is 0.341 e. The van der Waals surface area contributed by atoms with Crippen molar-refractivity contribution in [3.05, 3.63) is 87.3 Å². The highest BCUT2D eigenvalue weighted by Gasteiger charge is 2.41. The van der Waals surface area contributed by atoms with Crippen molar-refractivity contribution in [3.63, 3.8) is 0 Å². The number of carbonyl (C=O) groups is 3. The maximum atomic E-state index is 13.2. The predicted molar refractivity (Wildman–Crippen MR) is 144 cm³/mol. The third kappa shape index (κ3) is 4.67. The van der Waals surface area contributed by atoms with Gasteiger partial charge >= 0.3 is 5.97 Å². The van der Waals surface area contributed by atoms with Crippen LogP contribution in [-0.2, 0) is 17.7 Å². The summed E-state index contributed by atoms with van der Waals surface area (Å²) < 4.78 is 5.67. The molecule has 2 aromatic carbocycles. The van der Waals surface area contributed by atoms with E-state index >= 15 is 0 Å². The average Bonchev–Trinajstić information content (AvgIpc) is 3.31. The number of fused-ring (bicyclic) bond motifs is 2. The van der Waals surface area contributed by atoms with Crippen LogP contribution in [-0.4, -0.2) is 45.8 Å². The van der Waals surface area contributed by atoms with Crippen molar-refractivity contribution in [2.75, 3.05) is 12.3 Å². The van der Waals surface area contributed by atoms with Crippen LogP contribution in [0.3, 0.4) is 0 Å². The Morgan fingerprint density at radius 2 is 1.65 bits per heavy atom. The predicted octanol–water partition coefficient (Wildman–Crippen LogP) is 5.07. The fourth-order valence-corrected chi connectivity index (χ4v) is 6.34. The van der Waals surface area contributed by atoms with Crippen molar-refractivity contribution in [1.82, 2.24) is 9.80 Å². The first-order valence-electron chi connectivity index (χ1n) is 12.4. The minimum absolute atomic E-state index is 0.0165. The average molecular weight is 518 g/mol. The molecule has 3 aromatic rings. The van der Waals surface area contributed by atoms with Crippen LogP contribution in [0.2, 0.25) is 0 Å². The van der Waals surface area contributed by atoms with E-state index in [0.717, 1.165) is 16.0 Å². The van der Waals surface area contributed by atoms with Gasteiger partial charge in [0.1, 0.15) is 10.6 Å². The molecule has 0 radical (unpaired) electrons. The molecule has 2 N–H and O–H groups in total. The molecule has 37 heavy (non-hydrogen) atoms. The molecular formula is C29H31N3O4S. The summed E-state index contributed by atoms with van der Waals surface area (Å²) in [4.78, 5) is 44.2. The largest absolute Gasteiger partial charge is 0.456 e. The number of carbonyl (C=O) groups excluding carboxylic acids is 3. The Hall–Kier alpha value is -3.49. The minimum atomic E-state index is -0.652. The Morgan fingerprint density at radius 3 is 2.24 bits per heavy atom. The third-order valence-corrected chi connectivity index (χ3v) is 8.05. The Kier molecular flexibility index (Phi) is 6.41. The Bertz CT molecular complexity index is 1340. The summed E-state index contributed by atoms with van der Waals surface area (Å²) in [6, 6.07) is 16.9. The first kappa shape index (κ1) is 25.2. The molecule has 2 atom stereocenters. The molecule has 2 aliphatic rings. The summed E-state index contributed by atoms with van der Waals surface area (Å²) in [6.45, 7) is 8.38. The lowest BCUT2D eigenvalue weighted by molar-refractivity contribution is 0.00671. The number of rotatable bonds is 5. The number of esters is 1. The number of nitrogens with zero attached hydrogens (tertiary/aromatic N) is 2. The van der Waals surface area contributed by atoms with E-state index in [9.17, 15) is 14.4 Å². The van der Waals surface area contributed by atoms with E-state index in [0.29, 0.717) is 34.7 Å². The van der Waals surface area contributed by atoms with Crippen LogP contribution in [0.15, 0.2) is 54.6 Å². The number of ether oxygens (including phenoxy) is 1. The second-order valence-electron chi connectivity index (χ2n) is 10.6. The van der Waals surface area contributed by atoms with E-state index in [1.807, 2.05) is 39.0 Å². The lowest BCUT2D eigenvalue weighted by Crippen LogP contribution is -2.49. The van der Waals surface area contributed by atoms with Crippen LogP contribution in [0.5, 0.6) is 0 Å². The second-order valence-corrected chi connectivity index (χ2v) is 11.8. The zero-order valence-corrected chi connectivity index (χ0v) is 22.3. The van der Waals surface area contributed by atoms with Crippen LogP contribution < -0.4 is 5.73 Å². The fraction of sp³-hybridized carbons (Fsp3) is 0.345. The highest BCUT2D eigenvalue weighted by atomic mass is 32.1. The quantitative estimate of drug-likeness (QED) is 0.375. The van der Waals surface area contributed by atoms with Gasteiger partial charge in [0.25, 0.3) is 11.8 Å². The monoisotopic (exact) mass is 517 g/mol. The molecule has 2 aliphatic heterocycles. The number of hydrogen-bond donors (Lipinski definition) is 1. The van der Waals surface area contributed by atoms with Gasteiger partial charge in [-0.3, -0.25) is 19.4 Å². The van der Waals surface area contributed by atoms with Crippen LogP contribution in [0.25, 0.3) is 0 Å². The molecule has 0 spiro atoms. The summed E-state index contributed by atoms with van der Waals surface area (Å²) in [7, 11) is 0. The van der Waals surface area contributed by atoms with Crippen molar-refractivity contribution in [3.8, 4) is 0 Å². The standard InChI is InChI=1S/C29H31N3O4S/c1-17(18-10-6-5-7-11-18)31-16-23-22(24(25(30)37-23)28(35)36-29(2,3)4)14-19(31)15-32-26(33)20-12-8-9-13-21(20)27(32)34/h5-13,17,19H,14-16,30H2,1-4H3/t17-,19?/m0/s1. The van der Waals surface area contributed by atoms with Crippen molar-refractivity contribution in [2.24, 2.45) is 0 Å². The molecule has 0 saturated heterocycles. The maximum Gasteiger partial charge on any atom is 0.341 e. The Morgan fingerprint density at radius 1 is 1.05 bits per heavy atom. The summed E-state index contributed by atoms with van der Waals surface area (Å²) in [5, 5.41) is 0.438. The van der Waals surface area contributed by atoms with Gasteiger partial charge in [-0.15, -0.1) is 11.3 Å². The number of thiophene rings is 1. The van der Waals surface area contributed by atoms with Gasteiger partial charge in [-0.05, 0) is 57.4 Å². The molecule has 0 aliphatic carbocycles. The molecule has 5 rings (SSSR count). The number of amides is 2. The number of nitrogen functional groups attached to an aromatic ring is 1. The van der Waals surface area contributed by atoms with E-state index in [2.05, 4.69) is 24.0 Å². The molecule has 1 unspecified atom stereocenters. The number of anilines is 1. The summed E-state index contributed by atoms with van der Waals surface area (Å²) >= 11 is 1.41. The molecule has 1 aromatic heterocycles. The van der Waals surface area contributed by atoms with Crippen molar-refractivity contribution in [2.45, 2.75) is 58.3 Å². The summed E-state index contributed by atoms with van der Waals surface area (Å²) in [6.07, 6.45) is 0.474. The molecule has 3 heterocycles. The maximum absolute atomic E-state index is 13.2. The lowest BCUT2D eigenvalue weighted by Gasteiger charge is -2.41. The van der Waals surface area contributed by atoms with Crippen molar-refractivity contribution < 1.29 is 19.1 Å². The molecule has 0 saturated carbocycles. The van der Waals surface area contributed by atoms with Gasteiger partial charge in [0.15, 0.2) is 0 Å². The molecule has 8 heteroatoms. The van der Waals surface area contributed by atoms with Crippen molar-refractivity contribution in [1.29, 1.82) is 0 Å². The van der Waals surface area contributed by atoms with Gasteiger partial charge in [-0.1, -0.05) is 42.5 Å². The van der Waals surface area contributed by atoms with Gasteiger partial charge in [0, 0.05) is 30.1 Å². The van der Waals surface area contributed by atoms with E-state index in [4.69, 9.17) is 10.5 Å². The lowest BCUT2D eigenvalue weighted by atomic mass is 9.93. The fourth-order valence-electron chi connectivity index (χ4n) is 5.24. The molecule has 0 bridgehead atoms. The van der Waals surface area contributed by atoms with E-state index < -0.39 is 11.6 Å². The van der Waals surface area contributed by atoms with E-state index in [-0.39, 0.29) is 30.4 Å². The van der Waals surface area contributed by atoms with Gasteiger partial charge in [0.2, 0.25) is 0 Å². The summed E-state index contributed by atoms with van der Waals surface area (Å²) in [5.41, 5.74) is 8.98. The number of hydrogen-bond acceptors (Lipinski definition) is 7. The van der Waals surface area contributed by atoms with E-state index in [1.54, 1.807) is 24.3 Å². The Balaban J connectivity index is 1.51. The first-order valence-corrected chi connectivity index (χ1v) is 13.3. The number of nitrogens with two attached hydrogens (primary N) is 1. The highest BCUT2D eigenvalue weighted by molar-refractivity contribution is 7.16. The van der Waals surface area contributed by atoms with Gasteiger partial charge < -0.3 is 10.5 Å². The molecule has 192 valence electrons. The molecule has 7 nitrogen and oxygen atoms in total. The van der Waals surface area contributed by atoms with Crippen molar-refractivity contribution >= 4 is 34.1 Å². The summed E-state index contributed by atoms with van der Waals surface area (Å²) in [5.74, 6) is -1.00. The topological polar surface area (TPSA) is 92.9 Å². The van der Waals surface area contributed by atoms with Crippen LogP contribution in [0.4, 0.5) is 5.00 Å².